The lowest BCUT2D eigenvalue weighted by atomic mass is 10.2. The van der Waals surface area contributed by atoms with Crippen LogP contribution in [0.15, 0.2) is 41.3 Å². The van der Waals surface area contributed by atoms with E-state index in [1.807, 2.05) is 36.2 Å². The molecule has 2 N–H and O–H groups in total. The molecule has 5 nitrogen and oxygen atoms in total. The molecule has 106 valence electrons. The summed E-state index contributed by atoms with van der Waals surface area (Å²) >= 11 is 0. The summed E-state index contributed by atoms with van der Waals surface area (Å²) in [5, 5.41) is 18.6. The Bertz CT molecular complexity index is 647. The number of likely N-dealkylation sites (N-methyl/N-ethyl adjacent to an activating group) is 1. The normalized spacial score (nSPS) is 10.6. The number of rotatable bonds is 4. The van der Waals surface area contributed by atoms with Gasteiger partial charge in [-0.15, -0.1) is 0 Å². The summed E-state index contributed by atoms with van der Waals surface area (Å²) in [6.07, 6.45) is 1.64. The van der Waals surface area contributed by atoms with Crippen LogP contribution in [0.1, 0.15) is 5.69 Å². The summed E-state index contributed by atoms with van der Waals surface area (Å²) in [4.78, 5) is 13.3. The third-order valence-electron chi connectivity index (χ3n) is 3.32. The van der Waals surface area contributed by atoms with Crippen molar-refractivity contribution in [2.45, 2.75) is 6.92 Å². The van der Waals surface area contributed by atoms with Crippen LogP contribution in [-0.4, -0.2) is 35.0 Å². The van der Waals surface area contributed by atoms with Crippen LogP contribution >= 0.6 is 0 Å². The molecule has 0 aliphatic rings. The van der Waals surface area contributed by atoms with Crippen molar-refractivity contribution in [2.24, 2.45) is 0 Å². The van der Waals surface area contributed by atoms with Crippen LogP contribution in [0.4, 0.5) is 5.69 Å². The van der Waals surface area contributed by atoms with E-state index in [0.29, 0.717) is 12.2 Å². The fraction of sp³-hybridized carbons (Fsp3) is 0.267. The minimum atomic E-state index is -0.377. The molecule has 0 aliphatic heterocycles. The van der Waals surface area contributed by atoms with E-state index < -0.39 is 0 Å². The first-order valence-electron chi connectivity index (χ1n) is 6.38. The Labute approximate surface area is 117 Å². The number of aromatic hydroxyl groups is 1. The first kappa shape index (κ1) is 14.1. The third-order valence-corrected chi connectivity index (χ3v) is 3.32. The molecule has 2 rings (SSSR count). The Kier molecular flexibility index (Phi) is 4.10. The molecular weight excluding hydrogens is 256 g/mol. The SMILES string of the molecule is Cc1c(O)c(=O)ccn1-c1ccc(N(C)CCO)cc1. The molecule has 0 amide bonds. The predicted molar refractivity (Wildman–Crippen MR) is 78.8 cm³/mol. The molecule has 0 atom stereocenters. The van der Waals surface area contributed by atoms with Crippen molar-refractivity contribution in [1.29, 1.82) is 0 Å². The van der Waals surface area contributed by atoms with Gasteiger partial charge in [0.1, 0.15) is 0 Å². The smallest absolute Gasteiger partial charge is 0.223 e. The first-order chi connectivity index (χ1) is 9.54. The summed E-state index contributed by atoms with van der Waals surface area (Å²) < 4.78 is 1.76. The lowest BCUT2D eigenvalue weighted by Gasteiger charge is -2.19. The Morgan fingerprint density at radius 3 is 2.45 bits per heavy atom. The zero-order chi connectivity index (χ0) is 14.7. The summed E-state index contributed by atoms with van der Waals surface area (Å²) in [5.41, 5.74) is 1.98. The Hall–Kier alpha value is -2.27. The molecular formula is C15H18N2O3. The minimum Gasteiger partial charge on any atom is -0.503 e. The number of hydrogen-bond donors (Lipinski definition) is 2. The third kappa shape index (κ3) is 2.67. The van der Waals surface area contributed by atoms with Crippen LogP contribution in [-0.2, 0) is 0 Å². The highest BCUT2D eigenvalue weighted by Gasteiger charge is 2.07. The van der Waals surface area contributed by atoms with Gasteiger partial charge in [-0.05, 0) is 31.2 Å². The van der Waals surface area contributed by atoms with Crippen molar-refractivity contribution in [2.75, 3.05) is 25.1 Å². The largest absolute Gasteiger partial charge is 0.503 e. The standard InChI is InChI=1S/C15H18N2O3/c1-11-15(20)14(19)7-8-17(11)13-5-3-12(4-6-13)16(2)9-10-18/h3-8,18,20H,9-10H2,1-2H3. The quantitative estimate of drug-likeness (QED) is 0.881. The second-order valence-corrected chi connectivity index (χ2v) is 4.65. The van der Waals surface area contributed by atoms with Gasteiger partial charge in [0, 0.05) is 37.2 Å². The van der Waals surface area contributed by atoms with Crippen molar-refractivity contribution in [1.82, 2.24) is 4.57 Å². The number of aromatic nitrogens is 1. The average molecular weight is 274 g/mol. The van der Waals surface area contributed by atoms with Gasteiger partial charge in [0.05, 0.1) is 12.3 Å². The average Bonchev–Trinajstić information content (AvgIpc) is 2.45. The molecule has 0 unspecified atom stereocenters. The van der Waals surface area contributed by atoms with Crippen molar-refractivity contribution in [3.8, 4) is 11.4 Å². The van der Waals surface area contributed by atoms with Gasteiger partial charge >= 0.3 is 0 Å². The molecule has 0 bridgehead atoms. The lowest BCUT2D eigenvalue weighted by molar-refractivity contribution is 0.304. The highest BCUT2D eigenvalue weighted by Crippen LogP contribution is 2.19. The molecule has 1 aromatic heterocycles. The number of aliphatic hydroxyl groups excluding tert-OH is 1. The number of nitrogens with zero attached hydrogens (tertiary/aromatic N) is 2. The van der Waals surface area contributed by atoms with Gasteiger partial charge in [-0.2, -0.15) is 0 Å². The monoisotopic (exact) mass is 274 g/mol. The van der Waals surface area contributed by atoms with Crippen LogP contribution in [0.3, 0.4) is 0 Å². The zero-order valence-electron chi connectivity index (χ0n) is 11.6. The van der Waals surface area contributed by atoms with E-state index in [1.165, 1.54) is 6.07 Å². The number of benzene rings is 1. The van der Waals surface area contributed by atoms with E-state index in [4.69, 9.17) is 5.11 Å². The molecule has 0 fully saturated rings. The van der Waals surface area contributed by atoms with E-state index >= 15 is 0 Å². The number of pyridine rings is 1. The van der Waals surface area contributed by atoms with Crippen LogP contribution in [0.2, 0.25) is 0 Å². The van der Waals surface area contributed by atoms with E-state index in [2.05, 4.69) is 0 Å². The van der Waals surface area contributed by atoms with Gasteiger partial charge in [0.25, 0.3) is 0 Å². The van der Waals surface area contributed by atoms with Gasteiger partial charge < -0.3 is 19.7 Å². The summed E-state index contributed by atoms with van der Waals surface area (Å²) in [6, 6.07) is 9.01. The van der Waals surface area contributed by atoms with Gasteiger partial charge in [-0.1, -0.05) is 0 Å². The van der Waals surface area contributed by atoms with Crippen molar-refractivity contribution < 1.29 is 10.2 Å². The van der Waals surface area contributed by atoms with Crippen LogP contribution in [0.25, 0.3) is 5.69 Å². The molecule has 0 spiro atoms. The molecule has 1 aromatic carbocycles. The number of aliphatic hydroxyl groups is 1. The maximum atomic E-state index is 11.3. The second kappa shape index (κ2) is 5.79. The zero-order valence-corrected chi connectivity index (χ0v) is 11.6. The van der Waals surface area contributed by atoms with E-state index in [-0.39, 0.29) is 17.8 Å². The minimum absolute atomic E-state index is 0.102. The Morgan fingerprint density at radius 2 is 1.85 bits per heavy atom. The Morgan fingerprint density at radius 1 is 1.20 bits per heavy atom. The molecule has 20 heavy (non-hydrogen) atoms. The maximum absolute atomic E-state index is 11.3. The molecule has 0 saturated heterocycles. The fourth-order valence-electron chi connectivity index (χ4n) is 2.05. The van der Waals surface area contributed by atoms with E-state index in [1.54, 1.807) is 17.7 Å². The molecule has 5 heteroatoms. The summed E-state index contributed by atoms with van der Waals surface area (Å²) in [5.74, 6) is -0.228. The van der Waals surface area contributed by atoms with E-state index in [0.717, 1.165) is 11.4 Å². The summed E-state index contributed by atoms with van der Waals surface area (Å²) in [6.45, 7) is 2.37. The van der Waals surface area contributed by atoms with Crippen LogP contribution in [0.5, 0.6) is 5.75 Å². The number of hydrogen-bond acceptors (Lipinski definition) is 4. The van der Waals surface area contributed by atoms with Crippen LogP contribution < -0.4 is 10.3 Å². The summed E-state index contributed by atoms with van der Waals surface area (Å²) in [7, 11) is 1.90. The van der Waals surface area contributed by atoms with Gasteiger partial charge in [-0.3, -0.25) is 4.79 Å². The topological polar surface area (TPSA) is 65.7 Å². The molecule has 0 saturated carbocycles. The molecule has 2 aromatic rings. The maximum Gasteiger partial charge on any atom is 0.223 e. The lowest BCUT2D eigenvalue weighted by Crippen LogP contribution is -2.21. The van der Waals surface area contributed by atoms with Crippen molar-refractivity contribution in [3.05, 3.63) is 52.4 Å². The van der Waals surface area contributed by atoms with Crippen LogP contribution in [0, 0.1) is 6.92 Å². The highest BCUT2D eigenvalue weighted by molar-refractivity contribution is 5.51. The number of anilines is 1. The van der Waals surface area contributed by atoms with Crippen molar-refractivity contribution >= 4 is 5.69 Å². The predicted octanol–water partition coefficient (Wildman–Crippen LogP) is 1.28. The second-order valence-electron chi connectivity index (χ2n) is 4.65. The molecule has 0 radical (unpaired) electrons. The Balaban J connectivity index is 2.36. The molecule has 1 heterocycles. The van der Waals surface area contributed by atoms with Gasteiger partial charge in [-0.25, -0.2) is 0 Å². The van der Waals surface area contributed by atoms with Crippen molar-refractivity contribution in [3.63, 3.8) is 0 Å². The van der Waals surface area contributed by atoms with Gasteiger partial charge in [0.15, 0.2) is 5.75 Å². The first-order valence-corrected chi connectivity index (χ1v) is 6.38. The molecule has 0 aliphatic carbocycles. The fourth-order valence-corrected chi connectivity index (χ4v) is 2.05. The van der Waals surface area contributed by atoms with E-state index in [9.17, 15) is 9.90 Å². The van der Waals surface area contributed by atoms with Gasteiger partial charge in [0.2, 0.25) is 5.43 Å². The highest BCUT2D eigenvalue weighted by atomic mass is 16.3.